The maximum Gasteiger partial charge on any atom is 0.112 e. The van der Waals surface area contributed by atoms with Crippen LogP contribution in [0.15, 0.2) is 4.99 Å². The minimum Gasteiger partial charge on any atom is -0.368 e. The fourth-order valence-corrected chi connectivity index (χ4v) is 1.52. The van der Waals surface area contributed by atoms with E-state index in [0.717, 1.165) is 5.84 Å². The molecule has 0 rings (SSSR count). The largest absolute Gasteiger partial charge is 0.368 e. The Balaban J connectivity index is 5.21. The van der Waals surface area contributed by atoms with Gasteiger partial charge >= 0.3 is 0 Å². The topological polar surface area (TPSA) is 24.4 Å². The average Bonchev–Trinajstić information content (AvgIpc) is 1.94. The zero-order valence-corrected chi connectivity index (χ0v) is 14.5. The van der Waals surface area contributed by atoms with E-state index in [0.29, 0.717) is 0 Å². The van der Waals surface area contributed by atoms with E-state index in [4.69, 9.17) is 4.99 Å². The monoisotopic (exact) mass is 304 g/mol. The molecule has 1 atom stereocenters. The molecular weight excluding hydrogens is 276 g/mol. The zero-order chi connectivity index (χ0) is 14.1. The van der Waals surface area contributed by atoms with E-state index in [1.54, 1.807) is 0 Å². The molecule has 1 unspecified atom stereocenters. The van der Waals surface area contributed by atoms with Crippen molar-refractivity contribution in [1.82, 2.24) is 5.32 Å². The van der Waals surface area contributed by atoms with Crippen molar-refractivity contribution in [1.29, 1.82) is 0 Å². The van der Waals surface area contributed by atoms with Crippen molar-refractivity contribution < 1.29 is 0 Å². The van der Waals surface area contributed by atoms with E-state index in [-0.39, 0.29) is 21.3 Å². The molecule has 0 saturated heterocycles. The van der Waals surface area contributed by atoms with Gasteiger partial charge in [-0.1, -0.05) is 36.7 Å². The van der Waals surface area contributed by atoms with Crippen molar-refractivity contribution in [2.45, 2.75) is 78.2 Å². The van der Waals surface area contributed by atoms with Crippen LogP contribution >= 0.6 is 15.9 Å². The molecule has 0 amide bonds. The molecule has 0 aromatic rings. The first-order valence-electron chi connectivity index (χ1n) is 6.24. The summed E-state index contributed by atoms with van der Waals surface area (Å²) >= 11 is 3.78. The van der Waals surface area contributed by atoms with Gasteiger partial charge in [-0.05, 0) is 47.0 Å². The number of rotatable bonds is 1. The van der Waals surface area contributed by atoms with Gasteiger partial charge in [0, 0.05) is 5.54 Å². The first-order chi connectivity index (χ1) is 7.22. The van der Waals surface area contributed by atoms with Gasteiger partial charge in [-0.15, -0.1) is 0 Å². The van der Waals surface area contributed by atoms with Crippen molar-refractivity contribution in [2.75, 3.05) is 0 Å². The third kappa shape index (κ3) is 7.80. The lowest BCUT2D eigenvalue weighted by Gasteiger charge is -2.33. The molecule has 0 aliphatic heterocycles. The molecule has 0 spiro atoms. The van der Waals surface area contributed by atoms with Crippen molar-refractivity contribution in [3.05, 3.63) is 0 Å². The first-order valence-corrected chi connectivity index (χ1v) is 7.16. The smallest absolute Gasteiger partial charge is 0.112 e. The molecule has 0 radical (unpaired) electrons. The standard InChI is InChI=1S/C14H29BrN2/c1-12(2,3)10(15)11(16-13(4,5)6)17-14(7,8)9/h10H,1-9H3,(H,16,17). The Hall–Kier alpha value is -0.0500. The highest BCUT2D eigenvalue weighted by atomic mass is 79.9. The van der Waals surface area contributed by atoms with Crippen LogP contribution in [0, 0.1) is 5.41 Å². The van der Waals surface area contributed by atoms with Crippen LogP contribution in [0.4, 0.5) is 0 Å². The van der Waals surface area contributed by atoms with Crippen LogP contribution in [0.25, 0.3) is 0 Å². The summed E-state index contributed by atoms with van der Waals surface area (Å²) in [6.45, 7) is 19.5. The lowest BCUT2D eigenvalue weighted by Crippen LogP contribution is -2.48. The lowest BCUT2D eigenvalue weighted by atomic mass is 9.90. The first kappa shape index (κ1) is 16.9. The molecule has 0 aliphatic rings. The maximum atomic E-state index is 4.82. The summed E-state index contributed by atoms with van der Waals surface area (Å²) < 4.78 is 0. The Bertz CT molecular complexity index is 274. The van der Waals surface area contributed by atoms with Crippen molar-refractivity contribution >= 4 is 21.8 Å². The average molecular weight is 305 g/mol. The highest BCUT2D eigenvalue weighted by Crippen LogP contribution is 2.28. The number of hydrogen-bond donors (Lipinski definition) is 1. The Morgan fingerprint density at radius 1 is 0.941 bits per heavy atom. The minimum absolute atomic E-state index is 0.0291. The van der Waals surface area contributed by atoms with E-state index in [1.165, 1.54) is 0 Å². The lowest BCUT2D eigenvalue weighted by molar-refractivity contribution is 0.425. The molecule has 3 heteroatoms. The molecule has 0 aliphatic carbocycles. The molecule has 0 bridgehead atoms. The van der Waals surface area contributed by atoms with Crippen LogP contribution in [-0.4, -0.2) is 21.7 Å². The van der Waals surface area contributed by atoms with E-state index in [2.05, 4.69) is 83.6 Å². The molecule has 0 saturated carbocycles. The van der Waals surface area contributed by atoms with Crippen LogP contribution in [0.3, 0.4) is 0 Å². The summed E-state index contributed by atoms with van der Waals surface area (Å²) in [5, 5.41) is 3.52. The Morgan fingerprint density at radius 3 is 1.59 bits per heavy atom. The fraction of sp³-hybridized carbons (Fsp3) is 0.929. The molecule has 1 N–H and O–H groups in total. The number of amidine groups is 1. The van der Waals surface area contributed by atoms with Gasteiger partial charge in [0.15, 0.2) is 0 Å². The van der Waals surface area contributed by atoms with Crippen LogP contribution in [0.5, 0.6) is 0 Å². The Labute approximate surface area is 116 Å². The molecule has 0 aromatic heterocycles. The summed E-state index contributed by atoms with van der Waals surface area (Å²) in [6.07, 6.45) is 0. The molecule has 17 heavy (non-hydrogen) atoms. The summed E-state index contributed by atoms with van der Waals surface area (Å²) in [5.74, 6) is 1.04. The SMILES string of the molecule is CC(C)(C)N=C(NC(C)(C)C)C(Br)C(C)(C)C. The molecule has 2 nitrogen and oxygen atoms in total. The molecule has 0 fully saturated rings. The molecule has 0 heterocycles. The van der Waals surface area contributed by atoms with Gasteiger partial charge in [-0.25, -0.2) is 0 Å². The third-order valence-corrected chi connectivity index (χ3v) is 3.77. The Kier molecular flexibility index (Phi) is 5.28. The van der Waals surface area contributed by atoms with Gasteiger partial charge in [0.1, 0.15) is 5.84 Å². The van der Waals surface area contributed by atoms with Gasteiger partial charge in [-0.3, -0.25) is 4.99 Å². The predicted octanol–water partition coefficient (Wildman–Crippen LogP) is 4.38. The van der Waals surface area contributed by atoms with Gasteiger partial charge < -0.3 is 5.32 Å². The van der Waals surface area contributed by atoms with Gasteiger partial charge in [0.2, 0.25) is 0 Å². The molecule has 0 aromatic carbocycles. The van der Waals surface area contributed by atoms with Crippen molar-refractivity contribution in [3.8, 4) is 0 Å². The van der Waals surface area contributed by atoms with Crippen LogP contribution in [0.2, 0.25) is 0 Å². The molecular formula is C14H29BrN2. The number of nitrogens with zero attached hydrogens (tertiary/aromatic N) is 1. The Morgan fingerprint density at radius 2 is 1.35 bits per heavy atom. The summed E-state index contributed by atoms with van der Waals surface area (Å²) in [4.78, 5) is 5.05. The van der Waals surface area contributed by atoms with E-state index in [9.17, 15) is 0 Å². The van der Waals surface area contributed by atoms with Crippen LogP contribution in [-0.2, 0) is 0 Å². The third-order valence-electron chi connectivity index (χ3n) is 1.96. The van der Waals surface area contributed by atoms with E-state index < -0.39 is 0 Å². The molecule has 102 valence electrons. The fourth-order valence-electron chi connectivity index (χ4n) is 1.30. The van der Waals surface area contributed by atoms with Crippen LogP contribution < -0.4 is 5.32 Å². The summed E-state index contributed by atoms with van der Waals surface area (Å²) in [6, 6.07) is 0. The highest BCUT2D eigenvalue weighted by molar-refractivity contribution is 9.10. The van der Waals surface area contributed by atoms with Crippen LogP contribution in [0.1, 0.15) is 62.3 Å². The normalized spacial score (nSPS) is 16.9. The quantitative estimate of drug-likeness (QED) is 0.434. The zero-order valence-electron chi connectivity index (χ0n) is 12.9. The minimum atomic E-state index is -0.0646. The van der Waals surface area contributed by atoms with Crippen molar-refractivity contribution in [2.24, 2.45) is 10.4 Å². The number of alkyl halides is 1. The van der Waals surface area contributed by atoms with Gasteiger partial charge in [0.25, 0.3) is 0 Å². The number of hydrogen-bond acceptors (Lipinski definition) is 1. The predicted molar refractivity (Wildman–Crippen MR) is 82.2 cm³/mol. The number of aliphatic imine (C=N–C) groups is 1. The van der Waals surface area contributed by atoms with Gasteiger partial charge in [-0.2, -0.15) is 0 Å². The summed E-state index contributed by atoms with van der Waals surface area (Å²) in [7, 11) is 0. The number of nitrogens with one attached hydrogen (secondary N) is 1. The van der Waals surface area contributed by atoms with Gasteiger partial charge in [0.05, 0.1) is 10.4 Å². The summed E-state index contributed by atoms with van der Waals surface area (Å²) in [5.41, 5.74) is 0.106. The second-order valence-corrected chi connectivity index (χ2v) is 8.69. The van der Waals surface area contributed by atoms with E-state index in [1.807, 2.05) is 0 Å². The van der Waals surface area contributed by atoms with E-state index >= 15 is 0 Å². The second kappa shape index (κ2) is 5.29. The second-order valence-electron chi connectivity index (χ2n) is 7.77. The maximum absolute atomic E-state index is 4.82. The highest BCUT2D eigenvalue weighted by Gasteiger charge is 2.30. The number of halogens is 1. The van der Waals surface area contributed by atoms with Crippen molar-refractivity contribution in [3.63, 3.8) is 0 Å².